The van der Waals surface area contributed by atoms with Gasteiger partial charge in [-0.3, -0.25) is 9.13 Å². The van der Waals surface area contributed by atoms with Gasteiger partial charge in [-0.2, -0.15) is 0 Å². The average molecular weight is 310 g/mol. The maximum Gasteiger partial charge on any atom is 2.00 e. The van der Waals surface area contributed by atoms with E-state index in [9.17, 15) is 0 Å². The first-order valence-electron chi connectivity index (χ1n) is 0.730. The van der Waals surface area contributed by atoms with Crippen LogP contribution < -0.4 is 9.79 Å². The zero-order chi connectivity index (χ0) is 5.41. The molecule has 7 heteroatoms. The van der Waals surface area contributed by atoms with Gasteiger partial charge in [0, 0.05) is 0 Å². The van der Waals surface area contributed by atoms with Gasteiger partial charge < -0.3 is 9.79 Å². The van der Waals surface area contributed by atoms with E-state index in [1.165, 1.54) is 0 Å². The minimum Gasteiger partial charge on any atom is -0.772 e. The second-order valence-electron chi connectivity index (χ2n) is 0.149. The van der Waals surface area contributed by atoms with Crippen LogP contribution in [0.2, 0.25) is 0 Å². The molecule has 4 nitrogen and oxygen atoms in total. The summed E-state index contributed by atoms with van der Waals surface area (Å²) in [6.07, 6.45) is 0. The molecular formula is O4P2W. The van der Waals surface area contributed by atoms with E-state index in [4.69, 9.17) is 18.9 Å². The molecule has 0 bridgehead atoms. The second kappa shape index (κ2) is 29.1. The first-order chi connectivity index (χ1) is 2.83. The third kappa shape index (κ3) is 241. The smallest absolute Gasteiger partial charge is 0.772 e. The minimum absolute atomic E-state index is 0. The zero-order valence-electron chi connectivity index (χ0n) is 2.94. The van der Waals surface area contributed by atoms with E-state index in [-0.39, 0.29) is 21.1 Å². The second-order valence-corrected chi connectivity index (χ2v) is 0.447. The van der Waals surface area contributed by atoms with E-state index < -0.39 is 17.4 Å². The van der Waals surface area contributed by atoms with Gasteiger partial charge in [0.25, 0.3) is 0 Å². The standard InChI is InChI=1S/2HO2P.W/c2*1-3-2;/h2*(H,1,2);/q;;+2/p-2. The molecule has 0 saturated carbocycles. The maximum atomic E-state index is 8.35. The molecule has 0 aromatic rings. The van der Waals surface area contributed by atoms with Gasteiger partial charge in [-0.05, 0) is 0 Å². The van der Waals surface area contributed by atoms with Crippen LogP contribution in [-0.4, -0.2) is 0 Å². The van der Waals surface area contributed by atoms with Crippen molar-refractivity contribution >= 4 is 17.4 Å². The van der Waals surface area contributed by atoms with Crippen molar-refractivity contribution in [3.63, 3.8) is 0 Å². The van der Waals surface area contributed by atoms with Crippen LogP contribution in [-0.2, 0) is 30.2 Å². The van der Waals surface area contributed by atoms with E-state index >= 15 is 0 Å². The predicted molar refractivity (Wildman–Crippen MR) is 15.2 cm³/mol. The van der Waals surface area contributed by atoms with Crippen molar-refractivity contribution in [3.05, 3.63) is 0 Å². The Bertz CT molecular complexity index is 30.7. The molecule has 40 valence electrons. The van der Waals surface area contributed by atoms with Gasteiger partial charge in [0.05, 0.1) is 17.4 Å². The Labute approximate surface area is 57.8 Å². The summed E-state index contributed by atoms with van der Waals surface area (Å²) >= 11 is 0. The summed E-state index contributed by atoms with van der Waals surface area (Å²) in [6, 6.07) is 0. The van der Waals surface area contributed by atoms with Gasteiger partial charge in [0.2, 0.25) is 0 Å². The van der Waals surface area contributed by atoms with Crippen molar-refractivity contribution in [2.45, 2.75) is 0 Å². The molecule has 0 aliphatic heterocycles. The molecule has 0 radical (unpaired) electrons. The Balaban J connectivity index is -0.0000000400. The minimum atomic E-state index is -1.08. The monoisotopic (exact) mass is 310 g/mol. The Morgan fingerprint density at radius 1 is 1.00 bits per heavy atom. The van der Waals surface area contributed by atoms with E-state index in [1.54, 1.807) is 0 Å². The molecule has 0 aliphatic rings. The first-order valence-corrected chi connectivity index (χ1v) is 2.19. The molecular weight excluding hydrogens is 310 g/mol. The molecule has 0 spiro atoms. The molecule has 0 N–H and O–H groups in total. The van der Waals surface area contributed by atoms with Gasteiger partial charge in [-0.25, -0.2) is 0 Å². The molecule has 0 aromatic carbocycles. The third-order valence-electron chi connectivity index (χ3n) is 0. The summed E-state index contributed by atoms with van der Waals surface area (Å²) in [5, 5.41) is 0. The average Bonchev–Trinajstić information content (AvgIpc) is 1.39. The summed E-state index contributed by atoms with van der Waals surface area (Å²) in [5.41, 5.74) is 0. The Morgan fingerprint density at radius 3 is 1.00 bits per heavy atom. The largest absolute Gasteiger partial charge is 2.00 e. The van der Waals surface area contributed by atoms with Crippen molar-refractivity contribution in [2.24, 2.45) is 0 Å². The molecule has 0 amide bonds. The van der Waals surface area contributed by atoms with Crippen LogP contribution in [0.25, 0.3) is 0 Å². The van der Waals surface area contributed by atoms with Crippen molar-refractivity contribution in [3.8, 4) is 0 Å². The Hall–Kier alpha value is 0.808. The van der Waals surface area contributed by atoms with Crippen molar-refractivity contribution < 1.29 is 40.0 Å². The fourth-order valence-corrected chi connectivity index (χ4v) is 0. The summed E-state index contributed by atoms with van der Waals surface area (Å²) in [4.78, 5) is 16.7. The van der Waals surface area contributed by atoms with E-state index in [1.807, 2.05) is 0 Å². The molecule has 0 aromatic heterocycles. The van der Waals surface area contributed by atoms with Crippen LogP contribution in [0.3, 0.4) is 0 Å². The number of hydrogen-bond donors (Lipinski definition) is 0. The Morgan fingerprint density at radius 2 is 1.00 bits per heavy atom. The van der Waals surface area contributed by atoms with Crippen LogP contribution in [0.1, 0.15) is 0 Å². The van der Waals surface area contributed by atoms with Crippen LogP contribution in [0.15, 0.2) is 0 Å². The number of rotatable bonds is 0. The normalized spacial score (nSPS) is 6.00. The topological polar surface area (TPSA) is 80.3 Å². The van der Waals surface area contributed by atoms with E-state index in [2.05, 4.69) is 0 Å². The van der Waals surface area contributed by atoms with E-state index in [0.29, 0.717) is 0 Å². The van der Waals surface area contributed by atoms with Crippen LogP contribution >= 0.6 is 17.4 Å². The molecule has 0 saturated heterocycles. The summed E-state index contributed by atoms with van der Waals surface area (Å²) in [5.74, 6) is 0. The van der Waals surface area contributed by atoms with Gasteiger partial charge in [-0.15, -0.1) is 0 Å². The van der Waals surface area contributed by atoms with Crippen LogP contribution in [0.4, 0.5) is 0 Å². The molecule has 0 fully saturated rings. The zero-order valence-corrected chi connectivity index (χ0v) is 7.66. The van der Waals surface area contributed by atoms with Crippen LogP contribution in [0.5, 0.6) is 0 Å². The van der Waals surface area contributed by atoms with Gasteiger partial charge in [0.1, 0.15) is 0 Å². The fourth-order valence-electron chi connectivity index (χ4n) is 0. The fraction of sp³-hybridized carbons (Fsp3) is 0. The van der Waals surface area contributed by atoms with Crippen LogP contribution in [0, 0.1) is 0 Å². The van der Waals surface area contributed by atoms with Crippen molar-refractivity contribution in [1.82, 2.24) is 0 Å². The van der Waals surface area contributed by atoms with Crippen molar-refractivity contribution in [2.75, 3.05) is 0 Å². The first kappa shape index (κ1) is 15.7. The van der Waals surface area contributed by atoms with Gasteiger partial charge in [0.15, 0.2) is 0 Å². The molecule has 7 heavy (non-hydrogen) atoms. The SMILES string of the molecule is O=P[O-].O=P[O-].[W+2]. The maximum absolute atomic E-state index is 8.35. The molecule has 0 heterocycles. The summed E-state index contributed by atoms with van der Waals surface area (Å²) in [6.45, 7) is 0. The third-order valence-corrected chi connectivity index (χ3v) is 0. The quantitative estimate of drug-likeness (QED) is 0.543. The Kier molecular flexibility index (Phi) is 65.1. The molecule has 0 unspecified atom stereocenters. The van der Waals surface area contributed by atoms with Crippen molar-refractivity contribution in [1.29, 1.82) is 0 Å². The summed E-state index contributed by atoms with van der Waals surface area (Å²) < 4.78 is 16.7. The summed E-state index contributed by atoms with van der Waals surface area (Å²) in [7, 11) is -2.17. The molecule has 0 aliphatic carbocycles. The molecule has 0 atom stereocenters. The van der Waals surface area contributed by atoms with E-state index in [0.717, 1.165) is 0 Å². The predicted octanol–water partition coefficient (Wildman–Crippen LogP) is -0.896. The van der Waals surface area contributed by atoms with Gasteiger partial charge in [-0.1, -0.05) is 0 Å². The van der Waals surface area contributed by atoms with Gasteiger partial charge >= 0.3 is 21.1 Å². The molecule has 0 rings (SSSR count). The number of hydrogen-bond acceptors (Lipinski definition) is 4.